The lowest BCUT2D eigenvalue weighted by molar-refractivity contribution is -0.147. The smallest absolute Gasteiger partial charge is 0.352 e. The number of ether oxygens (including phenoxy) is 4. The highest BCUT2D eigenvalue weighted by atomic mass is 32.1. The van der Waals surface area contributed by atoms with Gasteiger partial charge in [-0.1, -0.05) is 0 Å². The molecule has 0 aromatic carbocycles. The van der Waals surface area contributed by atoms with E-state index in [0.29, 0.717) is 0 Å². The van der Waals surface area contributed by atoms with E-state index in [9.17, 15) is 14.4 Å². The number of carbonyl (C=O) groups is 3. The fourth-order valence-electron chi connectivity index (χ4n) is 1.76. The highest BCUT2D eigenvalue weighted by Gasteiger charge is 2.37. The lowest BCUT2D eigenvalue weighted by Gasteiger charge is -2.22. The Morgan fingerprint density at radius 1 is 1.14 bits per heavy atom. The van der Waals surface area contributed by atoms with Crippen LogP contribution in [0.2, 0.25) is 0 Å². The first-order valence-corrected chi connectivity index (χ1v) is 7.34. The van der Waals surface area contributed by atoms with Crippen molar-refractivity contribution in [3.05, 3.63) is 9.75 Å². The summed E-state index contributed by atoms with van der Waals surface area (Å²) >= 11 is 0.793. The van der Waals surface area contributed by atoms with Crippen LogP contribution in [0.1, 0.15) is 33.2 Å². The predicted octanol–water partition coefficient (Wildman–Crippen LogP) is 1.33. The fourth-order valence-corrected chi connectivity index (χ4v) is 2.72. The lowest BCUT2D eigenvalue weighted by Crippen LogP contribution is -2.36. The Balaban J connectivity index is 2.44. The van der Waals surface area contributed by atoms with E-state index in [1.807, 2.05) is 0 Å². The molecule has 0 saturated carbocycles. The molecule has 2 rings (SSSR count). The second-order valence-corrected chi connectivity index (χ2v) is 5.14. The van der Waals surface area contributed by atoms with Crippen molar-refractivity contribution in [3.8, 4) is 11.5 Å². The van der Waals surface area contributed by atoms with Gasteiger partial charge in [0.25, 0.3) is 0 Å². The number of aliphatic carboxylic acids is 1. The first kappa shape index (κ1) is 16.1. The monoisotopic (exact) mass is 330 g/mol. The number of carboxylic acids is 1. The number of hydrogen-bond acceptors (Lipinski definition) is 8. The van der Waals surface area contributed by atoms with Crippen molar-refractivity contribution in [3.63, 3.8) is 0 Å². The van der Waals surface area contributed by atoms with Crippen molar-refractivity contribution in [1.82, 2.24) is 0 Å². The Kier molecular flexibility index (Phi) is 4.86. The highest BCUT2D eigenvalue weighted by molar-refractivity contribution is 7.16. The zero-order valence-corrected chi connectivity index (χ0v) is 12.7. The molecule has 2 heterocycles. The quantitative estimate of drug-likeness (QED) is 0.805. The topological polar surface area (TPSA) is 108 Å². The molecule has 120 valence electrons. The summed E-state index contributed by atoms with van der Waals surface area (Å²) in [6.07, 6.45) is -1.26. The largest absolute Gasteiger partial charge is 0.483 e. The van der Waals surface area contributed by atoms with E-state index in [2.05, 4.69) is 0 Å². The SMILES string of the molecule is CCOC(=O)c1sc(C(=O)OCC)c2c1OCC(C(=O)O)O2. The van der Waals surface area contributed by atoms with Gasteiger partial charge in [-0.25, -0.2) is 14.4 Å². The van der Waals surface area contributed by atoms with Crippen LogP contribution in [0.3, 0.4) is 0 Å². The molecule has 1 aliphatic heterocycles. The van der Waals surface area contributed by atoms with Crippen LogP contribution in [0.25, 0.3) is 0 Å². The van der Waals surface area contributed by atoms with Gasteiger partial charge in [0, 0.05) is 0 Å². The zero-order chi connectivity index (χ0) is 16.3. The maximum atomic E-state index is 11.9. The molecule has 9 heteroatoms. The second-order valence-electron chi connectivity index (χ2n) is 4.12. The van der Waals surface area contributed by atoms with E-state index in [-0.39, 0.29) is 41.1 Å². The van der Waals surface area contributed by atoms with Gasteiger partial charge in [0.1, 0.15) is 6.61 Å². The van der Waals surface area contributed by atoms with Gasteiger partial charge in [0.15, 0.2) is 21.3 Å². The molecule has 0 radical (unpaired) electrons. The Morgan fingerprint density at radius 2 is 1.68 bits per heavy atom. The number of rotatable bonds is 5. The van der Waals surface area contributed by atoms with Crippen LogP contribution in [-0.2, 0) is 14.3 Å². The number of carbonyl (C=O) groups excluding carboxylic acids is 2. The molecule has 0 spiro atoms. The third-order valence-electron chi connectivity index (χ3n) is 2.66. The van der Waals surface area contributed by atoms with E-state index in [4.69, 9.17) is 24.1 Å². The Morgan fingerprint density at radius 3 is 2.18 bits per heavy atom. The molecule has 0 saturated heterocycles. The maximum absolute atomic E-state index is 11.9. The second kappa shape index (κ2) is 6.65. The standard InChI is InChI=1S/C13H14O8S/c1-3-18-12(16)9-7-8(10(22-9)13(17)19-4-2)21-6(5-20-7)11(14)15/h6H,3-5H2,1-2H3,(H,14,15). The summed E-state index contributed by atoms with van der Waals surface area (Å²) in [7, 11) is 0. The van der Waals surface area contributed by atoms with Crippen molar-refractivity contribution >= 4 is 29.2 Å². The fraction of sp³-hybridized carbons (Fsp3) is 0.462. The van der Waals surface area contributed by atoms with Gasteiger partial charge in [-0.2, -0.15) is 0 Å². The normalized spacial score (nSPS) is 16.0. The number of carboxylic acid groups (broad SMARTS) is 1. The van der Waals surface area contributed by atoms with Crippen molar-refractivity contribution in [1.29, 1.82) is 0 Å². The van der Waals surface area contributed by atoms with Crippen molar-refractivity contribution in [2.75, 3.05) is 19.8 Å². The molecule has 1 N–H and O–H groups in total. The third kappa shape index (κ3) is 2.98. The average Bonchev–Trinajstić information content (AvgIpc) is 2.86. The summed E-state index contributed by atoms with van der Waals surface area (Å²) in [6, 6.07) is 0. The summed E-state index contributed by atoms with van der Waals surface area (Å²) in [5, 5.41) is 8.99. The van der Waals surface area contributed by atoms with E-state index >= 15 is 0 Å². The molecule has 0 amide bonds. The molecule has 1 aromatic rings. The minimum atomic E-state index is -1.26. The lowest BCUT2D eigenvalue weighted by atomic mass is 10.3. The van der Waals surface area contributed by atoms with Crippen molar-refractivity contribution in [2.45, 2.75) is 20.0 Å². The molecule has 0 fully saturated rings. The predicted molar refractivity (Wildman–Crippen MR) is 73.8 cm³/mol. The van der Waals surface area contributed by atoms with Crippen molar-refractivity contribution < 1.29 is 38.4 Å². The van der Waals surface area contributed by atoms with Gasteiger partial charge in [0.2, 0.25) is 6.10 Å². The Hall–Kier alpha value is -2.29. The molecule has 1 aromatic heterocycles. The van der Waals surface area contributed by atoms with Crippen LogP contribution in [0, 0.1) is 0 Å². The highest BCUT2D eigenvalue weighted by Crippen LogP contribution is 2.45. The molecule has 0 aliphatic carbocycles. The summed E-state index contributed by atoms with van der Waals surface area (Å²) < 4.78 is 20.3. The van der Waals surface area contributed by atoms with E-state index in [1.165, 1.54) is 0 Å². The van der Waals surface area contributed by atoms with Crippen LogP contribution in [0.5, 0.6) is 11.5 Å². The van der Waals surface area contributed by atoms with Crippen LogP contribution < -0.4 is 9.47 Å². The van der Waals surface area contributed by atoms with Gasteiger partial charge >= 0.3 is 17.9 Å². The molecular formula is C13H14O8S. The Bertz CT molecular complexity index is 605. The van der Waals surface area contributed by atoms with Crippen molar-refractivity contribution in [2.24, 2.45) is 0 Å². The first-order valence-electron chi connectivity index (χ1n) is 6.52. The summed E-state index contributed by atoms with van der Waals surface area (Å²) in [5.41, 5.74) is 0. The molecule has 8 nitrogen and oxygen atoms in total. The van der Waals surface area contributed by atoms with E-state index < -0.39 is 24.0 Å². The molecular weight excluding hydrogens is 316 g/mol. The first-order chi connectivity index (χ1) is 10.5. The zero-order valence-electron chi connectivity index (χ0n) is 11.9. The van der Waals surface area contributed by atoms with Gasteiger partial charge in [0.05, 0.1) is 13.2 Å². The average molecular weight is 330 g/mol. The van der Waals surface area contributed by atoms with Gasteiger partial charge < -0.3 is 24.1 Å². The van der Waals surface area contributed by atoms with Crippen LogP contribution >= 0.6 is 11.3 Å². The third-order valence-corrected chi connectivity index (χ3v) is 3.77. The number of fused-ring (bicyclic) bond motifs is 1. The number of thiophene rings is 1. The molecule has 1 atom stereocenters. The molecule has 1 unspecified atom stereocenters. The van der Waals surface area contributed by atoms with Crippen LogP contribution in [-0.4, -0.2) is 48.9 Å². The maximum Gasteiger partial charge on any atom is 0.352 e. The molecule has 0 bridgehead atoms. The van der Waals surface area contributed by atoms with E-state index in [0.717, 1.165) is 11.3 Å². The van der Waals surface area contributed by atoms with Gasteiger partial charge in [-0.15, -0.1) is 11.3 Å². The number of hydrogen-bond donors (Lipinski definition) is 1. The summed E-state index contributed by atoms with van der Waals surface area (Å²) in [4.78, 5) is 34.9. The van der Waals surface area contributed by atoms with Gasteiger partial charge in [-0.05, 0) is 13.8 Å². The minimum absolute atomic E-state index is 0.0176. The summed E-state index contributed by atoms with van der Waals surface area (Å²) in [6.45, 7) is 3.28. The summed E-state index contributed by atoms with van der Waals surface area (Å²) in [5.74, 6) is -2.69. The number of esters is 2. The van der Waals surface area contributed by atoms with Crippen LogP contribution in [0.15, 0.2) is 0 Å². The van der Waals surface area contributed by atoms with Crippen LogP contribution in [0.4, 0.5) is 0 Å². The van der Waals surface area contributed by atoms with E-state index in [1.54, 1.807) is 13.8 Å². The molecule has 22 heavy (non-hydrogen) atoms. The van der Waals surface area contributed by atoms with Gasteiger partial charge in [-0.3, -0.25) is 0 Å². The molecule has 1 aliphatic rings. The Labute approximate surface area is 129 Å². The minimum Gasteiger partial charge on any atom is -0.483 e.